The summed E-state index contributed by atoms with van der Waals surface area (Å²) in [6.07, 6.45) is -2.33. The minimum atomic E-state index is -4.39. The van der Waals surface area contributed by atoms with Gasteiger partial charge in [0.2, 0.25) is 0 Å². The molecule has 0 atom stereocenters. The van der Waals surface area contributed by atoms with Crippen LogP contribution in [0.2, 0.25) is 0 Å². The van der Waals surface area contributed by atoms with Crippen molar-refractivity contribution in [2.75, 3.05) is 0 Å². The van der Waals surface area contributed by atoms with Gasteiger partial charge in [-0.05, 0) is 37.1 Å². The van der Waals surface area contributed by atoms with Crippen molar-refractivity contribution >= 4 is 5.65 Å². The summed E-state index contributed by atoms with van der Waals surface area (Å²) in [7, 11) is 0. The normalized spacial score (nSPS) is 11.9. The Morgan fingerprint density at radius 1 is 0.857 bits per heavy atom. The molecular formula is C23H19F3N2. The lowest BCUT2D eigenvalue weighted by atomic mass is 9.99. The Balaban J connectivity index is 1.92. The first-order valence-corrected chi connectivity index (χ1v) is 9.02. The summed E-state index contributed by atoms with van der Waals surface area (Å²) in [4.78, 5) is 4.72. The maximum atomic E-state index is 13.5. The van der Waals surface area contributed by atoms with E-state index in [1.807, 2.05) is 60.8 Å². The molecule has 0 saturated heterocycles. The predicted molar refractivity (Wildman–Crippen MR) is 104 cm³/mol. The molecule has 0 bridgehead atoms. The van der Waals surface area contributed by atoms with Crippen molar-refractivity contribution in [3.05, 3.63) is 94.8 Å². The number of benzene rings is 2. The molecule has 142 valence electrons. The number of fused-ring (bicyclic) bond motifs is 1. The molecule has 4 rings (SSSR count). The van der Waals surface area contributed by atoms with E-state index in [0.717, 1.165) is 34.1 Å². The number of rotatable bonds is 3. The molecule has 2 heterocycles. The van der Waals surface area contributed by atoms with Gasteiger partial charge in [-0.3, -0.25) is 0 Å². The van der Waals surface area contributed by atoms with Gasteiger partial charge in [0.05, 0.1) is 17.0 Å². The van der Waals surface area contributed by atoms with Crippen molar-refractivity contribution in [2.45, 2.75) is 26.4 Å². The molecule has 0 radical (unpaired) electrons. The van der Waals surface area contributed by atoms with Crippen molar-refractivity contribution in [3.8, 4) is 11.3 Å². The zero-order chi connectivity index (χ0) is 19.9. The van der Waals surface area contributed by atoms with Gasteiger partial charge in [-0.25, -0.2) is 4.98 Å². The van der Waals surface area contributed by atoms with E-state index in [2.05, 4.69) is 0 Å². The maximum absolute atomic E-state index is 13.5. The van der Waals surface area contributed by atoms with Crippen LogP contribution in [0.25, 0.3) is 16.9 Å². The monoisotopic (exact) mass is 380 g/mol. The number of aromatic nitrogens is 2. The largest absolute Gasteiger partial charge is 0.416 e. The molecule has 0 aliphatic rings. The van der Waals surface area contributed by atoms with E-state index < -0.39 is 11.7 Å². The Morgan fingerprint density at radius 2 is 1.54 bits per heavy atom. The summed E-state index contributed by atoms with van der Waals surface area (Å²) >= 11 is 0. The zero-order valence-electron chi connectivity index (χ0n) is 15.6. The molecule has 0 aliphatic heterocycles. The van der Waals surface area contributed by atoms with Crippen LogP contribution in [-0.2, 0) is 12.6 Å². The lowest BCUT2D eigenvalue weighted by Crippen LogP contribution is -2.10. The van der Waals surface area contributed by atoms with Gasteiger partial charge in [0.15, 0.2) is 0 Å². The van der Waals surface area contributed by atoms with Gasteiger partial charge < -0.3 is 4.40 Å². The van der Waals surface area contributed by atoms with E-state index in [0.29, 0.717) is 5.69 Å². The Hall–Kier alpha value is -3.08. The van der Waals surface area contributed by atoms with Gasteiger partial charge in [-0.1, -0.05) is 54.1 Å². The molecule has 0 unspecified atom stereocenters. The first-order chi connectivity index (χ1) is 13.3. The minimum Gasteiger partial charge on any atom is -0.303 e. The van der Waals surface area contributed by atoms with Gasteiger partial charge in [-0.15, -0.1) is 0 Å². The maximum Gasteiger partial charge on any atom is 0.416 e. The first-order valence-electron chi connectivity index (χ1n) is 9.02. The second kappa shape index (κ2) is 6.82. The van der Waals surface area contributed by atoms with Crippen LogP contribution in [-0.4, -0.2) is 9.38 Å². The smallest absolute Gasteiger partial charge is 0.303 e. The predicted octanol–water partition coefficient (Wildman–Crippen LogP) is 6.23. The number of alkyl halides is 3. The van der Waals surface area contributed by atoms with Crippen molar-refractivity contribution in [1.29, 1.82) is 0 Å². The van der Waals surface area contributed by atoms with Crippen LogP contribution in [0, 0.1) is 13.8 Å². The van der Waals surface area contributed by atoms with Crippen molar-refractivity contribution in [1.82, 2.24) is 9.38 Å². The third-order valence-corrected chi connectivity index (χ3v) is 4.87. The molecule has 0 fully saturated rings. The Labute approximate surface area is 161 Å². The van der Waals surface area contributed by atoms with Crippen LogP contribution in [0.5, 0.6) is 0 Å². The Kier molecular flexibility index (Phi) is 4.46. The first kappa shape index (κ1) is 18.3. The molecule has 2 aromatic carbocycles. The van der Waals surface area contributed by atoms with Gasteiger partial charge >= 0.3 is 6.18 Å². The Bertz CT molecular complexity index is 1140. The van der Waals surface area contributed by atoms with E-state index >= 15 is 0 Å². The van der Waals surface area contributed by atoms with Gasteiger partial charge in [0.1, 0.15) is 5.65 Å². The van der Waals surface area contributed by atoms with Crippen LogP contribution in [0.15, 0.2) is 66.9 Å². The van der Waals surface area contributed by atoms with Crippen molar-refractivity contribution in [2.24, 2.45) is 0 Å². The van der Waals surface area contributed by atoms with Crippen LogP contribution < -0.4 is 0 Å². The molecule has 5 heteroatoms. The van der Waals surface area contributed by atoms with Crippen LogP contribution >= 0.6 is 0 Å². The van der Waals surface area contributed by atoms with Gasteiger partial charge in [0, 0.05) is 18.2 Å². The molecule has 0 N–H and O–H groups in total. The average Bonchev–Trinajstić information content (AvgIpc) is 3.00. The van der Waals surface area contributed by atoms with Crippen LogP contribution in [0.1, 0.15) is 27.9 Å². The second-order valence-corrected chi connectivity index (χ2v) is 7.04. The Morgan fingerprint density at radius 3 is 2.25 bits per heavy atom. The molecular weight excluding hydrogens is 361 g/mol. The highest BCUT2D eigenvalue weighted by Gasteiger charge is 2.33. The minimum absolute atomic E-state index is 0.142. The highest BCUT2D eigenvalue weighted by Crippen LogP contribution is 2.34. The fourth-order valence-corrected chi connectivity index (χ4v) is 3.44. The van der Waals surface area contributed by atoms with Gasteiger partial charge in [0.25, 0.3) is 0 Å². The number of halogens is 3. The molecule has 2 nitrogen and oxygen atoms in total. The fourth-order valence-electron chi connectivity index (χ4n) is 3.44. The molecule has 0 spiro atoms. The van der Waals surface area contributed by atoms with E-state index in [4.69, 9.17) is 4.98 Å². The molecule has 2 aromatic heterocycles. The topological polar surface area (TPSA) is 17.3 Å². The van der Waals surface area contributed by atoms with Crippen LogP contribution in [0.4, 0.5) is 13.2 Å². The number of imidazole rings is 1. The lowest BCUT2D eigenvalue weighted by molar-refractivity contribution is -0.138. The molecule has 4 aromatic rings. The zero-order valence-corrected chi connectivity index (χ0v) is 15.6. The third-order valence-electron chi connectivity index (χ3n) is 4.87. The summed E-state index contributed by atoms with van der Waals surface area (Å²) in [6, 6.07) is 17.5. The third kappa shape index (κ3) is 3.40. The fraction of sp³-hybridized carbons (Fsp3) is 0.174. The quantitative estimate of drug-likeness (QED) is 0.412. The average molecular weight is 380 g/mol. The highest BCUT2D eigenvalue weighted by molar-refractivity contribution is 5.67. The summed E-state index contributed by atoms with van der Waals surface area (Å²) in [5, 5.41) is 0. The molecule has 0 aliphatic carbocycles. The van der Waals surface area contributed by atoms with Crippen molar-refractivity contribution < 1.29 is 13.2 Å². The van der Waals surface area contributed by atoms with E-state index in [9.17, 15) is 13.2 Å². The number of hydrogen-bond donors (Lipinski definition) is 0. The second-order valence-electron chi connectivity index (χ2n) is 7.04. The standard InChI is InChI=1S/C23H19F3N2/c1-15-7-10-17(11-8-15)22-20(28-14-16(2)9-12-21(28)27-22)13-18-5-3-4-6-19(18)23(24,25)26/h3-12,14H,13H2,1-2H3. The molecule has 0 amide bonds. The molecule has 28 heavy (non-hydrogen) atoms. The summed E-state index contributed by atoms with van der Waals surface area (Å²) in [5.74, 6) is 0. The van der Waals surface area contributed by atoms with E-state index in [1.165, 1.54) is 12.1 Å². The SMILES string of the molecule is Cc1ccc(-c2nc3ccc(C)cn3c2Cc2ccccc2C(F)(F)F)cc1. The number of pyridine rings is 1. The summed E-state index contributed by atoms with van der Waals surface area (Å²) in [5.41, 5.74) is 4.85. The van der Waals surface area contributed by atoms with Crippen molar-refractivity contribution in [3.63, 3.8) is 0 Å². The number of aryl methyl sites for hydroxylation is 2. The van der Waals surface area contributed by atoms with Crippen LogP contribution in [0.3, 0.4) is 0 Å². The number of nitrogens with zero attached hydrogens (tertiary/aromatic N) is 2. The summed E-state index contributed by atoms with van der Waals surface area (Å²) < 4.78 is 42.4. The van der Waals surface area contributed by atoms with E-state index in [1.54, 1.807) is 6.07 Å². The van der Waals surface area contributed by atoms with E-state index in [-0.39, 0.29) is 12.0 Å². The molecule has 0 saturated carbocycles. The summed E-state index contributed by atoms with van der Waals surface area (Å²) in [6.45, 7) is 3.95. The highest BCUT2D eigenvalue weighted by atomic mass is 19.4. The lowest BCUT2D eigenvalue weighted by Gasteiger charge is -2.13. The number of hydrogen-bond acceptors (Lipinski definition) is 1. The van der Waals surface area contributed by atoms with Gasteiger partial charge in [-0.2, -0.15) is 13.2 Å².